The number of amides is 1. The maximum Gasteiger partial charge on any atom is 0.250 e. The second kappa shape index (κ2) is 4.03. The van der Waals surface area contributed by atoms with Gasteiger partial charge >= 0.3 is 0 Å². The van der Waals surface area contributed by atoms with Gasteiger partial charge in [0.25, 0.3) is 0 Å². The van der Waals surface area contributed by atoms with Crippen LogP contribution in [0.3, 0.4) is 0 Å². The number of nitrogens with zero attached hydrogens (tertiary/aromatic N) is 1. The van der Waals surface area contributed by atoms with Gasteiger partial charge in [0.05, 0.1) is 4.48 Å². The van der Waals surface area contributed by atoms with Gasteiger partial charge in [0, 0.05) is 12.6 Å². The fourth-order valence-corrected chi connectivity index (χ4v) is 2.07. The molecule has 1 aromatic carbocycles. The van der Waals surface area contributed by atoms with Gasteiger partial charge in [-0.3, -0.25) is 4.79 Å². The Kier molecular flexibility index (Phi) is 2.86. The Hall–Kier alpha value is -1.13. The molecule has 0 aromatic heterocycles. The molecule has 2 rings (SSSR count). The van der Waals surface area contributed by atoms with Gasteiger partial charge in [0.1, 0.15) is 0 Å². The summed E-state index contributed by atoms with van der Waals surface area (Å²) in [6.07, 6.45) is 1.41. The highest BCUT2D eigenvalue weighted by Gasteiger charge is 2.40. The molecular weight excluding hydrogens is 270 g/mol. The largest absolute Gasteiger partial charge is 0.366 e. The van der Waals surface area contributed by atoms with Crippen LogP contribution in [0.1, 0.15) is 12.5 Å². The van der Waals surface area contributed by atoms with Crippen LogP contribution >= 0.6 is 15.9 Å². The average molecular weight is 282 g/mol. The van der Waals surface area contributed by atoms with Crippen LogP contribution < -0.4 is 0 Å². The van der Waals surface area contributed by atoms with Crippen molar-refractivity contribution < 1.29 is 9.90 Å². The van der Waals surface area contributed by atoms with Gasteiger partial charge in [-0.05, 0) is 12.5 Å². The molecule has 1 atom stereocenters. The zero-order valence-electron chi connectivity index (χ0n) is 8.85. The first-order valence-corrected chi connectivity index (χ1v) is 5.76. The van der Waals surface area contributed by atoms with E-state index in [1.165, 1.54) is 11.0 Å². The van der Waals surface area contributed by atoms with E-state index in [0.717, 1.165) is 5.56 Å². The summed E-state index contributed by atoms with van der Waals surface area (Å²) >= 11 is 3.20. The summed E-state index contributed by atoms with van der Waals surface area (Å²) in [4.78, 5) is 13.1. The lowest BCUT2D eigenvalue weighted by Gasteiger charge is -2.31. The van der Waals surface area contributed by atoms with Crippen molar-refractivity contribution in [3.8, 4) is 0 Å². The standard InChI is InChI=1S/C12H12BrNO2/c1-12(16)10(13)7-11(15)14(12)8-9-5-3-2-4-6-9/h2-7,16H,8H2,1H3/t12-/m1/s1. The number of carbonyl (C=O) groups is 1. The molecule has 1 heterocycles. The fourth-order valence-electron chi connectivity index (χ4n) is 1.66. The lowest BCUT2D eigenvalue weighted by Crippen LogP contribution is -2.44. The molecular formula is C12H12BrNO2. The van der Waals surface area contributed by atoms with Crippen LogP contribution in [0.15, 0.2) is 40.9 Å². The Morgan fingerprint density at radius 2 is 2.00 bits per heavy atom. The van der Waals surface area contributed by atoms with Crippen LogP contribution in [0, 0.1) is 0 Å². The normalized spacial score (nSPS) is 24.8. The summed E-state index contributed by atoms with van der Waals surface area (Å²) in [7, 11) is 0. The number of hydrogen-bond donors (Lipinski definition) is 1. The molecule has 16 heavy (non-hydrogen) atoms. The molecule has 0 spiro atoms. The topological polar surface area (TPSA) is 40.5 Å². The Labute approximate surface area is 103 Å². The van der Waals surface area contributed by atoms with Crippen LogP contribution in [0.4, 0.5) is 0 Å². The van der Waals surface area contributed by atoms with Crippen LogP contribution in [0.25, 0.3) is 0 Å². The quantitative estimate of drug-likeness (QED) is 0.901. The van der Waals surface area contributed by atoms with E-state index in [4.69, 9.17) is 0 Å². The number of carbonyl (C=O) groups excluding carboxylic acids is 1. The van der Waals surface area contributed by atoms with Crippen molar-refractivity contribution in [2.75, 3.05) is 0 Å². The van der Waals surface area contributed by atoms with E-state index in [2.05, 4.69) is 15.9 Å². The summed E-state index contributed by atoms with van der Waals surface area (Å²) in [5.41, 5.74) is -0.251. The number of halogens is 1. The third-order valence-corrected chi connectivity index (χ3v) is 3.66. The first kappa shape index (κ1) is 11.4. The van der Waals surface area contributed by atoms with Gasteiger partial charge in [0.2, 0.25) is 5.91 Å². The smallest absolute Gasteiger partial charge is 0.250 e. The zero-order chi connectivity index (χ0) is 11.8. The van der Waals surface area contributed by atoms with Gasteiger partial charge < -0.3 is 10.0 Å². The zero-order valence-corrected chi connectivity index (χ0v) is 10.4. The fraction of sp³-hybridized carbons (Fsp3) is 0.250. The molecule has 3 nitrogen and oxygen atoms in total. The highest BCUT2D eigenvalue weighted by Crippen LogP contribution is 2.33. The number of aliphatic hydroxyl groups is 1. The van der Waals surface area contributed by atoms with Crippen LogP contribution in [-0.2, 0) is 11.3 Å². The first-order chi connectivity index (χ1) is 7.51. The second-order valence-corrected chi connectivity index (χ2v) is 4.78. The molecule has 1 aromatic rings. The molecule has 0 unspecified atom stereocenters. The van der Waals surface area contributed by atoms with Crippen molar-refractivity contribution in [2.24, 2.45) is 0 Å². The molecule has 0 bridgehead atoms. The molecule has 0 fully saturated rings. The van der Waals surface area contributed by atoms with E-state index < -0.39 is 5.72 Å². The Morgan fingerprint density at radius 3 is 2.50 bits per heavy atom. The number of hydrogen-bond acceptors (Lipinski definition) is 2. The summed E-state index contributed by atoms with van der Waals surface area (Å²) in [5.74, 6) is -0.180. The highest BCUT2D eigenvalue weighted by molar-refractivity contribution is 9.11. The highest BCUT2D eigenvalue weighted by atomic mass is 79.9. The van der Waals surface area contributed by atoms with E-state index in [1.807, 2.05) is 30.3 Å². The van der Waals surface area contributed by atoms with Gasteiger partial charge in [0.15, 0.2) is 5.72 Å². The summed E-state index contributed by atoms with van der Waals surface area (Å²) in [6.45, 7) is 2.00. The summed E-state index contributed by atoms with van der Waals surface area (Å²) < 4.78 is 0.501. The van der Waals surface area contributed by atoms with Gasteiger partial charge in [-0.2, -0.15) is 0 Å². The minimum atomic E-state index is -1.24. The predicted octanol–water partition coefficient (Wildman–Crippen LogP) is 2.02. The monoisotopic (exact) mass is 281 g/mol. The van der Waals surface area contributed by atoms with E-state index in [1.54, 1.807) is 6.92 Å². The Morgan fingerprint density at radius 1 is 1.38 bits per heavy atom. The first-order valence-electron chi connectivity index (χ1n) is 4.97. The Bertz CT molecular complexity index is 440. The van der Waals surface area contributed by atoms with Crippen molar-refractivity contribution in [3.05, 3.63) is 46.5 Å². The van der Waals surface area contributed by atoms with Gasteiger partial charge in [-0.25, -0.2) is 0 Å². The van der Waals surface area contributed by atoms with Gasteiger partial charge in [-0.15, -0.1) is 0 Å². The third-order valence-electron chi connectivity index (χ3n) is 2.68. The van der Waals surface area contributed by atoms with E-state index >= 15 is 0 Å². The molecule has 1 aliphatic heterocycles. The van der Waals surface area contributed by atoms with Crippen molar-refractivity contribution in [3.63, 3.8) is 0 Å². The molecule has 1 aliphatic rings. The molecule has 1 N–H and O–H groups in total. The third kappa shape index (κ3) is 1.90. The minimum absolute atomic E-state index is 0.180. The second-order valence-electron chi connectivity index (χ2n) is 3.92. The maximum absolute atomic E-state index is 11.7. The van der Waals surface area contributed by atoms with Gasteiger partial charge in [-0.1, -0.05) is 46.3 Å². The Balaban J connectivity index is 2.21. The molecule has 0 saturated heterocycles. The summed E-state index contributed by atoms with van der Waals surface area (Å²) in [6, 6.07) is 9.59. The maximum atomic E-state index is 11.7. The van der Waals surface area contributed by atoms with Crippen LogP contribution in [0.5, 0.6) is 0 Å². The van der Waals surface area contributed by atoms with Crippen molar-refractivity contribution in [1.29, 1.82) is 0 Å². The lowest BCUT2D eigenvalue weighted by molar-refractivity contribution is -0.140. The molecule has 0 radical (unpaired) electrons. The van der Waals surface area contributed by atoms with E-state index in [9.17, 15) is 9.90 Å². The lowest BCUT2D eigenvalue weighted by atomic mass is 10.2. The predicted molar refractivity (Wildman–Crippen MR) is 64.6 cm³/mol. The van der Waals surface area contributed by atoms with Crippen LogP contribution in [-0.4, -0.2) is 21.6 Å². The SMILES string of the molecule is C[C@@]1(O)C(Br)=CC(=O)N1Cc1ccccc1. The number of benzene rings is 1. The van der Waals surface area contributed by atoms with Crippen molar-refractivity contribution in [1.82, 2.24) is 4.90 Å². The van der Waals surface area contributed by atoms with E-state index in [-0.39, 0.29) is 5.91 Å². The van der Waals surface area contributed by atoms with E-state index in [0.29, 0.717) is 11.0 Å². The minimum Gasteiger partial charge on any atom is -0.366 e. The average Bonchev–Trinajstić information content (AvgIpc) is 2.43. The molecule has 0 saturated carbocycles. The van der Waals surface area contributed by atoms with Crippen LogP contribution in [0.2, 0.25) is 0 Å². The van der Waals surface area contributed by atoms with Crippen molar-refractivity contribution in [2.45, 2.75) is 19.2 Å². The molecule has 84 valence electrons. The molecule has 1 amide bonds. The summed E-state index contributed by atoms with van der Waals surface area (Å²) in [5, 5.41) is 10.1. The number of rotatable bonds is 2. The molecule has 0 aliphatic carbocycles. The molecule has 4 heteroatoms. The van der Waals surface area contributed by atoms with Crippen molar-refractivity contribution >= 4 is 21.8 Å².